The summed E-state index contributed by atoms with van der Waals surface area (Å²) in [6.07, 6.45) is 9.09. The fraction of sp³-hybridized carbons (Fsp3) is 0.600. The first-order chi connectivity index (χ1) is 12.7. The summed E-state index contributed by atoms with van der Waals surface area (Å²) in [6, 6.07) is 3.98. The Bertz CT molecular complexity index is 743. The van der Waals surface area contributed by atoms with E-state index in [-0.39, 0.29) is 11.8 Å². The average molecular weight is 356 g/mol. The summed E-state index contributed by atoms with van der Waals surface area (Å²) in [5.74, 6) is 1.73. The highest BCUT2D eigenvalue weighted by atomic mass is 16.3. The molecule has 0 spiro atoms. The third-order valence-corrected chi connectivity index (χ3v) is 6.12. The number of primary amides is 1. The molecule has 0 bridgehead atoms. The number of nitrogens with two attached hydrogens (primary N) is 1. The van der Waals surface area contributed by atoms with Crippen molar-refractivity contribution in [3.05, 3.63) is 24.6 Å². The Morgan fingerprint density at radius 1 is 1.15 bits per heavy atom. The Hall–Kier alpha value is -2.08. The van der Waals surface area contributed by atoms with E-state index >= 15 is 0 Å². The number of carbonyl (C=O) groups is 1. The van der Waals surface area contributed by atoms with Crippen LogP contribution in [0, 0.1) is 11.8 Å². The highest BCUT2D eigenvalue weighted by Gasteiger charge is 2.26. The number of hydrogen-bond donors (Lipinski definition) is 1. The number of aromatic nitrogens is 1. The Morgan fingerprint density at radius 3 is 2.65 bits per heavy atom. The van der Waals surface area contributed by atoms with Gasteiger partial charge in [-0.1, -0.05) is 0 Å². The summed E-state index contributed by atoms with van der Waals surface area (Å²) in [4.78, 5) is 20.7. The fourth-order valence-electron chi connectivity index (χ4n) is 4.39. The number of hydrogen-bond acceptors (Lipinski definition) is 5. The minimum atomic E-state index is -0.111. The molecular formula is C20H28N4O2. The minimum absolute atomic E-state index is 0.111. The van der Waals surface area contributed by atoms with Crippen molar-refractivity contribution >= 4 is 22.7 Å². The highest BCUT2D eigenvalue weighted by molar-refractivity contribution is 5.87. The van der Waals surface area contributed by atoms with Gasteiger partial charge in [0.25, 0.3) is 0 Å². The maximum atomic E-state index is 11.3. The minimum Gasteiger partial charge on any atom is -0.460 e. The van der Waals surface area contributed by atoms with Gasteiger partial charge >= 0.3 is 0 Å². The first kappa shape index (κ1) is 17.3. The van der Waals surface area contributed by atoms with Crippen LogP contribution in [0.25, 0.3) is 11.0 Å². The first-order valence-electron chi connectivity index (χ1n) is 9.79. The van der Waals surface area contributed by atoms with Gasteiger partial charge in [-0.25, -0.2) is 4.98 Å². The average Bonchev–Trinajstić information content (AvgIpc) is 3.16. The Labute approximate surface area is 154 Å². The molecular weight excluding hydrogens is 328 g/mol. The number of carbonyl (C=O) groups excluding carboxylic acids is 1. The van der Waals surface area contributed by atoms with Crippen LogP contribution in [-0.4, -0.2) is 48.5 Å². The van der Waals surface area contributed by atoms with Gasteiger partial charge in [-0.2, -0.15) is 0 Å². The molecule has 140 valence electrons. The molecule has 1 aliphatic carbocycles. The van der Waals surface area contributed by atoms with Gasteiger partial charge in [0.2, 0.25) is 5.91 Å². The third kappa shape index (κ3) is 3.70. The Balaban J connectivity index is 1.24. The summed E-state index contributed by atoms with van der Waals surface area (Å²) in [5.41, 5.74) is 6.32. The van der Waals surface area contributed by atoms with Crippen LogP contribution in [-0.2, 0) is 4.79 Å². The second kappa shape index (κ2) is 7.66. The van der Waals surface area contributed by atoms with Crippen LogP contribution in [0.4, 0.5) is 5.82 Å². The molecule has 6 heteroatoms. The molecule has 1 saturated carbocycles. The van der Waals surface area contributed by atoms with E-state index in [1.165, 1.54) is 6.42 Å². The van der Waals surface area contributed by atoms with Gasteiger partial charge < -0.3 is 15.1 Å². The molecule has 3 heterocycles. The van der Waals surface area contributed by atoms with E-state index in [1.807, 2.05) is 18.3 Å². The van der Waals surface area contributed by atoms with Gasteiger partial charge in [-0.3, -0.25) is 9.69 Å². The van der Waals surface area contributed by atoms with E-state index in [2.05, 4.69) is 14.8 Å². The predicted octanol–water partition coefficient (Wildman–Crippen LogP) is 2.63. The standard InChI is InChI=1S/C20H28N4O2/c21-19(25)17-3-1-15(2-4-17)6-9-23-10-12-24(13-11-23)20-18-16(5-8-22-20)7-14-26-18/h5,7-8,14-15,17H,1-4,6,9-13H2,(H2,21,25). The van der Waals surface area contributed by atoms with Crippen molar-refractivity contribution in [2.24, 2.45) is 17.6 Å². The summed E-state index contributed by atoms with van der Waals surface area (Å²) in [5, 5.41) is 1.11. The number of fused-ring (bicyclic) bond motifs is 1. The van der Waals surface area contributed by atoms with Crippen LogP contribution < -0.4 is 10.6 Å². The molecule has 2 N–H and O–H groups in total. The summed E-state index contributed by atoms with van der Waals surface area (Å²) < 4.78 is 5.63. The number of piperazine rings is 1. The number of rotatable bonds is 5. The fourth-order valence-corrected chi connectivity index (χ4v) is 4.39. The number of pyridine rings is 1. The molecule has 2 aliphatic rings. The van der Waals surface area contributed by atoms with Crippen LogP contribution in [0.1, 0.15) is 32.1 Å². The van der Waals surface area contributed by atoms with Crippen LogP contribution >= 0.6 is 0 Å². The topological polar surface area (TPSA) is 75.6 Å². The second-order valence-corrected chi connectivity index (χ2v) is 7.71. The lowest BCUT2D eigenvalue weighted by atomic mass is 9.80. The van der Waals surface area contributed by atoms with Crippen LogP contribution in [0.15, 0.2) is 29.0 Å². The van der Waals surface area contributed by atoms with Gasteiger partial charge in [0.15, 0.2) is 11.4 Å². The van der Waals surface area contributed by atoms with Crippen molar-refractivity contribution in [1.29, 1.82) is 0 Å². The lowest BCUT2D eigenvalue weighted by molar-refractivity contribution is -0.123. The summed E-state index contributed by atoms with van der Waals surface area (Å²) in [7, 11) is 0. The SMILES string of the molecule is NC(=O)C1CCC(CCN2CCN(c3nccc4ccoc34)CC2)CC1. The molecule has 6 nitrogen and oxygen atoms in total. The maximum absolute atomic E-state index is 11.3. The van der Waals surface area contributed by atoms with Crippen molar-refractivity contribution in [3.63, 3.8) is 0 Å². The molecule has 0 unspecified atom stereocenters. The zero-order valence-corrected chi connectivity index (χ0v) is 15.3. The van der Waals surface area contributed by atoms with Gasteiger partial charge in [-0.15, -0.1) is 0 Å². The molecule has 1 saturated heterocycles. The molecule has 2 aromatic heterocycles. The monoisotopic (exact) mass is 356 g/mol. The van der Waals surface area contributed by atoms with Gasteiger partial charge in [0, 0.05) is 43.7 Å². The zero-order valence-electron chi connectivity index (χ0n) is 15.3. The zero-order chi connectivity index (χ0) is 17.9. The summed E-state index contributed by atoms with van der Waals surface area (Å²) in [6.45, 7) is 5.26. The quantitative estimate of drug-likeness (QED) is 0.891. The smallest absolute Gasteiger partial charge is 0.220 e. The molecule has 2 aromatic rings. The molecule has 0 atom stereocenters. The van der Waals surface area contributed by atoms with Crippen LogP contribution in [0.5, 0.6) is 0 Å². The highest BCUT2D eigenvalue weighted by Crippen LogP contribution is 2.31. The largest absolute Gasteiger partial charge is 0.460 e. The normalized spacial score (nSPS) is 24.8. The van der Waals surface area contributed by atoms with Crippen molar-refractivity contribution in [2.45, 2.75) is 32.1 Å². The Kier molecular flexibility index (Phi) is 5.11. The van der Waals surface area contributed by atoms with Gasteiger partial charge in [-0.05, 0) is 56.7 Å². The molecule has 0 radical (unpaired) electrons. The maximum Gasteiger partial charge on any atom is 0.220 e. The third-order valence-electron chi connectivity index (χ3n) is 6.12. The van der Waals surface area contributed by atoms with Crippen molar-refractivity contribution in [1.82, 2.24) is 9.88 Å². The lowest BCUT2D eigenvalue weighted by Gasteiger charge is -2.36. The van der Waals surface area contributed by atoms with Crippen LogP contribution in [0.3, 0.4) is 0 Å². The molecule has 0 aromatic carbocycles. The lowest BCUT2D eigenvalue weighted by Crippen LogP contribution is -2.47. The molecule has 26 heavy (non-hydrogen) atoms. The molecule has 2 fully saturated rings. The van der Waals surface area contributed by atoms with E-state index in [9.17, 15) is 4.79 Å². The van der Waals surface area contributed by atoms with Gasteiger partial charge in [0.05, 0.1) is 6.26 Å². The van der Waals surface area contributed by atoms with E-state index < -0.39 is 0 Å². The van der Waals surface area contributed by atoms with E-state index in [1.54, 1.807) is 6.26 Å². The summed E-state index contributed by atoms with van der Waals surface area (Å²) >= 11 is 0. The number of nitrogens with zero attached hydrogens (tertiary/aromatic N) is 3. The first-order valence-corrected chi connectivity index (χ1v) is 9.79. The van der Waals surface area contributed by atoms with Crippen LogP contribution in [0.2, 0.25) is 0 Å². The number of furan rings is 1. The van der Waals surface area contributed by atoms with Crippen molar-refractivity contribution in [2.75, 3.05) is 37.6 Å². The van der Waals surface area contributed by atoms with E-state index in [0.29, 0.717) is 0 Å². The molecule has 1 aliphatic heterocycles. The van der Waals surface area contributed by atoms with E-state index in [4.69, 9.17) is 10.2 Å². The van der Waals surface area contributed by atoms with Crippen molar-refractivity contribution < 1.29 is 9.21 Å². The van der Waals surface area contributed by atoms with Gasteiger partial charge in [0.1, 0.15) is 0 Å². The molecule has 4 rings (SSSR count). The second-order valence-electron chi connectivity index (χ2n) is 7.71. The van der Waals surface area contributed by atoms with Crippen molar-refractivity contribution in [3.8, 4) is 0 Å². The molecule has 1 amide bonds. The van der Waals surface area contributed by atoms with E-state index in [0.717, 1.165) is 81.1 Å². The predicted molar refractivity (Wildman–Crippen MR) is 102 cm³/mol. The Morgan fingerprint density at radius 2 is 1.92 bits per heavy atom. The number of amides is 1. The number of anilines is 1.